The van der Waals surface area contributed by atoms with Crippen LogP contribution in [0.1, 0.15) is 0 Å². The van der Waals surface area contributed by atoms with Gasteiger partial charge in [-0.25, -0.2) is 9.13 Å². The number of halogens is 1. The van der Waals surface area contributed by atoms with Crippen molar-refractivity contribution in [2.24, 2.45) is 14.1 Å². The van der Waals surface area contributed by atoms with Crippen LogP contribution in [0.15, 0.2) is 46.6 Å². The van der Waals surface area contributed by atoms with Crippen LogP contribution in [-0.4, -0.2) is 4.57 Å². The SMILES string of the molecule is Cn1c(I)c[n+](C)c1Sc1ccccc1. The largest absolute Gasteiger partial charge is 0.323 e. The van der Waals surface area contributed by atoms with Gasteiger partial charge in [0.05, 0.1) is 14.1 Å². The van der Waals surface area contributed by atoms with Gasteiger partial charge in [-0.05, 0) is 23.9 Å². The molecule has 2 rings (SSSR count). The summed E-state index contributed by atoms with van der Waals surface area (Å²) in [5.74, 6) is 0. The molecule has 0 saturated heterocycles. The van der Waals surface area contributed by atoms with E-state index in [4.69, 9.17) is 0 Å². The fourth-order valence-electron chi connectivity index (χ4n) is 1.36. The fraction of sp³-hybridized carbons (Fsp3) is 0.182. The lowest BCUT2D eigenvalue weighted by atomic mass is 10.4. The normalized spacial score (nSPS) is 10.6. The van der Waals surface area contributed by atoms with Gasteiger partial charge >= 0.3 is 5.16 Å². The molecule has 0 fully saturated rings. The lowest BCUT2D eigenvalue weighted by Crippen LogP contribution is -2.28. The topological polar surface area (TPSA) is 8.81 Å². The molecule has 0 aliphatic rings. The average Bonchev–Trinajstić information content (AvgIpc) is 2.47. The van der Waals surface area contributed by atoms with Crippen LogP contribution in [0.3, 0.4) is 0 Å². The minimum Gasteiger partial charge on any atom is -0.226 e. The van der Waals surface area contributed by atoms with Crippen LogP contribution in [-0.2, 0) is 14.1 Å². The number of rotatable bonds is 2. The highest BCUT2D eigenvalue weighted by Gasteiger charge is 2.17. The molecular weight excluding hydrogens is 319 g/mol. The molecule has 2 aromatic rings. The first-order valence-corrected chi connectivity index (χ1v) is 6.52. The van der Waals surface area contributed by atoms with Crippen LogP contribution in [0.25, 0.3) is 0 Å². The van der Waals surface area contributed by atoms with E-state index in [0.29, 0.717) is 0 Å². The lowest BCUT2D eigenvalue weighted by Gasteiger charge is -1.98. The van der Waals surface area contributed by atoms with Gasteiger partial charge in [-0.3, -0.25) is 0 Å². The Kier molecular flexibility index (Phi) is 3.35. The highest BCUT2D eigenvalue weighted by molar-refractivity contribution is 14.1. The molecule has 1 aromatic carbocycles. The Bertz CT molecular complexity index is 465. The van der Waals surface area contributed by atoms with Crippen molar-refractivity contribution in [3.05, 3.63) is 40.2 Å². The zero-order valence-corrected chi connectivity index (χ0v) is 11.6. The van der Waals surface area contributed by atoms with Crippen molar-refractivity contribution in [1.82, 2.24) is 4.57 Å². The summed E-state index contributed by atoms with van der Waals surface area (Å²) in [5, 5.41) is 1.24. The monoisotopic (exact) mass is 331 g/mol. The standard InChI is InChI=1S/C11H12IN2S/c1-13-8-10(12)14(2)11(13)15-9-6-4-3-5-7-9/h3-8H,1-2H3/q+1. The second-order valence-electron chi connectivity index (χ2n) is 3.32. The molecule has 0 amide bonds. The van der Waals surface area contributed by atoms with Crippen molar-refractivity contribution in [3.8, 4) is 0 Å². The second-order valence-corrected chi connectivity index (χ2v) is 5.47. The van der Waals surface area contributed by atoms with E-state index in [1.807, 2.05) is 6.07 Å². The molecule has 2 nitrogen and oxygen atoms in total. The Hall–Kier alpha value is -0.490. The molecule has 78 valence electrons. The summed E-state index contributed by atoms with van der Waals surface area (Å²) in [4.78, 5) is 1.27. The number of imidazole rings is 1. The Morgan fingerprint density at radius 2 is 1.93 bits per heavy atom. The minimum absolute atomic E-state index is 1.24. The Labute approximate surface area is 107 Å². The molecule has 0 radical (unpaired) electrons. The summed E-state index contributed by atoms with van der Waals surface area (Å²) in [6, 6.07) is 10.4. The van der Waals surface area contributed by atoms with Gasteiger partial charge in [0, 0.05) is 27.5 Å². The zero-order chi connectivity index (χ0) is 10.8. The van der Waals surface area contributed by atoms with Crippen molar-refractivity contribution in [2.45, 2.75) is 10.1 Å². The summed E-state index contributed by atoms with van der Waals surface area (Å²) in [6.45, 7) is 0. The lowest BCUT2D eigenvalue weighted by molar-refractivity contribution is -0.709. The number of benzene rings is 1. The van der Waals surface area contributed by atoms with Gasteiger partial charge < -0.3 is 0 Å². The van der Waals surface area contributed by atoms with Crippen molar-refractivity contribution in [2.75, 3.05) is 0 Å². The van der Waals surface area contributed by atoms with E-state index in [0.717, 1.165) is 0 Å². The van der Waals surface area contributed by atoms with Crippen LogP contribution < -0.4 is 4.57 Å². The van der Waals surface area contributed by atoms with E-state index in [1.54, 1.807) is 11.8 Å². The Balaban J connectivity index is 2.32. The third-order valence-electron chi connectivity index (χ3n) is 2.16. The summed E-state index contributed by atoms with van der Waals surface area (Å²) in [7, 11) is 4.17. The predicted octanol–water partition coefficient (Wildman–Crippen LogP) is 2.61. The highest BCUT2D eigenvalue weighted by atomic mass is 127. The van der Waals surface area contributed by atoms with E-state index in [9.17, 15) is 0 Å². The third kappa shape index (κ3) is 2.36. The molecular formula is C11H12IN2S+. The maximum absolute atomic E-state index is 2.34. The van der Waals surface area contributed by atoms with Gasteiger partial charge in [-0.15, -0.1) is 0 Å². The molecule has 0 aliphatic heterocycles. The average molecular weight is 331 g/mol. The first kappa shape index (κ1) is 11.0. The van der Waals surface area contributed by atoms with Crippen molar-refractivity contribution in [1.29, 1.82) is 0 Å². The van der Waals surface area contributed by atoms with Crippen LogP contribution in [0.2, 0.25) is 0 Å². The summed E-state index contributed by atoms with van der Waals surface area (Å²) in [5.41, 5.74) is 0. The maximum Gasteiger partial charge on any atom is 0.323 e. The van der Waals surface area contributed by atoms with Crippen LogP contribution in [0, 0.1) is 3.70 Å². The Morgan fingerprint density at radius 3 is 2.47 bits per heavy atom. The van der Waals surface area contributed by atoms with Crippen molar-refractivity contribution >= 4 is 34.4 Å². The number of hydrogen-bond donors (Lipinski definition) is 0. The van der Waals surface area contributed by atoms with E-state index in [1.165, 1.54) is 13.8 Å². The van der Waals surface area contributed by atoms with Crippen LogP contribution in [0.4, 0.5) is 0 Å². The molecule has 0 atom stereocenters. The van der Waals surface area contributed by atoms with E-state index in [-0.39, 0.29) is 0 Å². The van der Waals surface area contributed by atoms with Gasteiger partial charge in [0.1, 0.15) is 6.20 Å². The molecule has 15 heavy (non-hydrogen) atoms. The molecule has 1 aromatic heterocycles. The van der Waals surface area contributed by atoms with Gasteiger partial charge in [0.15, 0.2) is 0 Å². The van der Waals surface area contributed by atoms with Gasteiger partial charge in [0.2, 0.25) is 3.70 Å². The minimum atomic E-state index is 1.24. The second kappa shape index (κ2) is 4.57. The first-order chi connectivity index (χ1) is 7.18. The summed E-state index contributed by atoms with van der Waals surface area (Å²) in [6.07, 6.45) is 2.13. The third-order valence-corrected chi connectivity index (χ3v) is 4.42. The quantitative estimate of drug-likeness (QED) is 0.607. The van der Waals surface area contributed by atoms with Crippen molar-refractivity contribution in [3.63, 3.8) is 0 Å². The molecule has 0 spiro atoms. The van der Waals surface area contributed by atoms with Crippen molar-refractivity contribution < 1.29 is 4.57 Å². The molecule has 1 heterocycles. The van der Waals surface area contributed by atoms with E-state index < -0.39 is 0 Å². The molecule has 0 unspecified atom stereocenters. The maximum atomic E-state index is 2.34. The highest BCUT2D eigenvalue weighted by Crippen LogP contribution is 2.25. The number of aryl methyl sites for hydroxylation is 1. The summed E-state index contributed by atoms with van der Waals surface area (Å²) >= 11 is 4.13. The molecule has 0 aliphatic carbocycles. The molecule has 4 heteroatoms. The smallest absolute Gasteiger partial charge is 0.226 e. The van der Waals surface area contributed by atoms with Gasteiger partial charge in [0.25, 0.3) is 0 Å². The fourth-order valence-corrected chi connectivity index (χ4v) is 3.11. The summed E-state index contributed by atoms with van der Waals surface area (Å²) < 4.78 is 5.59. The molecule has 0 N–H and O–H groups in total. The van der Waals surface area contributed by atoms with Gasteiger partial charge in [-0.2, -0.15) is 0 Å². The predicted molar refractivity (Wildman–Crippen MR) is 69.9 cm³/mol. The van der Waals surface area contributed by atoms with Crippen LogP contribution in [0.5, 0.6) is 0 Å². The van der Waals surface area contributed by atoms with Gasteiger partial charge in [-0.1, -0.05) is 18.2 Å². The molecule has 0 saturated carbocycles. The number of nitrogens with zero attached hydrogens (tertiary/aromatic N) is 2. The van der Waals surface area contributed by atoms with E-state index >= 15 is 0 Å². The molecule has 0 bridgehead atoms. The number of hydrogen-bond acceptors (Lipinski definition) is 1. The zero-order valence-electron chi connectivity index (χ0n) is 8.64. The number of aromatic nitrogens is 2. The first-order valence-electron chi connectivity index (χ1n) is 4.62. The van der Waals surface area contributed by atoms with Crippen LogP contribution >= 0.6 is 34.4 Å². The Morgan fingerprint density at radius 1 is 1.27 bits per heavy atom. The van der Waals surface area contributed by atoms with E-state index in [2.05, 4.69) is 76.3 Å².